The van der Waals surface area contributed by atoms with Crippen molar-refractivity contribution in [2.75, 3.05) is 26.7 Å². The first-order valence-corrected chi connectivity index (χ1v) is 8.74. The molecule has 3 aliphatic rings. The Morgan fingerprint density at radius 3 is 2.50 bits per heavy atom. The maximum absolute atomic E-state index is 5.76. The highest BCUT2D eigenvalue weighted by Gasteiger charge is 2.38. The molecule has 0 aromatic heterocycles. The van der Waals surface area contributed by atoms with Crippen LogP contribution in [0.2, 0.25) is 0 Å². The Kier molecular flexibility index (Phi) is 4.68. The second-order valence-electron chi connectivity index (χ2n) is 7.56. The Balaban J connectivity index is 1.58. The molecule has 0 spiro atoms. The zero-order valence-electron chi connectivity index (χ0n) is 13.4. The number of ether oxygens (including phenoxy) is 1. The molecule has 1 saturated heterocycles. The van der Waals surface area contributed by atoms with Crippen molar-refractivity contribution in [3.8, 4) is 0 Å². The van der Waals surface area contributed by atoms with Crippen LogP contribution in [0.1, 0.15) is 58.3 Å². The molecule has 3 rings (SSSR count). The van der Waals surface area contributed by atoms with Crippen LogP contribution in [0.3, 0.4) is 0 Å². The van der Waals surface area contributed by atoms with E-state index in [0.717, 1.165) is 12.6 Å². The Bertz CT molecular complexity index is 310. The van der Waals surface area contributed by atoms with Gasteiger partial charge in [-0.2, -0.15) is 0 Å². The highest BCUT2D eigenvalue weighted by atomic mass is 16.5. The monoisotopic (exact) mass is 280 g/mol. The molecule has 2 unspecified atom stereocenters. The minimum Gasteiger partial charge on any atom is -0.377 e. The van der Waals surface area contributed by atoms with E-state index in [4.69, 9.17) is 4.74 Å². The molecule has 1 aliphatic heterocycles. The lowest BCUT2D eigenvalue weighted by Gasteiger charge is -2.42. The molecule has 0 aromatic rings. The van der Waals surface area contributed by atoms with Gasteiger partial charge in [-0.1, -0.05) is 19.3 Å². The topological polar surface area (TPSA) is 24.5 Å². The highest BCUT2D eigenvalue weighted by molar-refractivity contribution is 4.93. The lowest BCUT2D eigenvalue weighted by atomic mass is 9.73. The maximum atomic E-state index is 5.76. The fourth-order valence-electron chi connectivity index (χ4n) is 4.29. The van der Waals surface area contributed by atoms with Crippen LogP contribution in [0.15, 0.2) is 0 Å². The SMILES string of the molecule is CC1OCCC1N(C)CC1(CNC2CC2)CCCCC1. The molecule has 1 N–H and O–H groups in total. The molecule has 2 saturated carbocycles. The molecule has 1 heterocycles. The van der Waals surface area contributed by atoms with Gasteiger partial charge in [0, 0.05) is 31.8 Å². The van der Waals surface area contributed by atoms with Gasteiger partial charge in [-0.15, -0.1) is 0 Å². The predicted molar refractivity (Wildman–Crippen MR) is 83.0 cm³/mol. The van der Waals surface area contributed by atoms with Crippen molar-refractivity contribution >= 4 is 0 Å². The normalized spacial score (nSPS) is 33.8. The summed E-state index contributed by atoms with van der Waals surface area (Å²) in [6.45, 7) is 5.68. The quantitative estimate of drug-likeness (QED) is 0.810. The Labute approximate surface area is 124 Å². The van der Waals surface area contributed by atoms with E-state index in [-0.39, 0.29) is 0 Å². The minimum atomic E-state index is 0.414. The summed E-state index contributed by atoms with van der Waals surface area (Å²) in [4.78, 5) is 2.61. The van der Waals surface area contributed by atoms with Crippen LogP contribution in [0.25, 0.3) is 0 Å². The molecule has 0 radical (unpaired) electrons. The van der Waals surface area contributed by atoms with Crippen LogP contribution in [0.4, 0.5) is 0 Å². The van der Waals surface area contributed by atoms with E-state index in [9.17, 15) is 0 Å². The van der Waals surface area contributed by atoms with Crippen molar-refractivity contribution in [3.05, 3.63) is 0 Å². The predicted octanol–water partition coefficient (Wildman–Crippen LogP) is 2.80. The summed E-state index contributed by atoms with van der Waals surface area (Å²) in [7, 11) is 2.32. The van der Waals surface area contributed by atoms with Gasteiger partial charge in [0.15, 0.2) is 0 Å². The smallest absolute Gasteiger partial charge is 0.0702 e. The standard InChI is InChI=1S/C17H32N2O/c1-14-16(8-11-20-14)19(2)13-17(9-4-3-5-10-17)12-18-15-6-7-15/h14-16,18H,3-13H2,1-2H3. The number of rotatable bonds is 6. The second-order valence-corrected chi connectivity index (χ2v) is 7.56. The first-order chi connectivity index (χ1) is 9.69. The van der Waals surface area contributed by atoms with Crippen molar-refractivity contribution in [3.63, 3.8) is 0 Å². The summed E-state index contributed by atoms with van der Waals surface area (Å²) in [5, 5.41) is 3.82. The van der Waals surface area contributed by atoms with E-state index < -0.39 is 0 Å². The van der Waals surface area contributed by atoms with Crippen LogP contribution in [-0.4, -0.2) is 49.8 Å². The summed E-state index contributed by atoms with van der Waals surface area (Å²) in [5.74, 6) is 0. The van der Waals surface area contributed by atoms with Gasteiger partial charge in [-0.25, -0.2) is 0 Å². The lowest BCUT2D eigenvalue weighted by molar-refractivity contribution is 0.0501. The van der Waals surface area contributed by atoms with Gasteiger partial charge < -0.3 is 15.0 Å². The Morgan fingerprint density at radius 2 is 1.90 bits per heavy atom. The van der Waals surface area contributed by atoms with Crippen molar-refractivity contribution in [1.29, 1.82) is 0 Å². The van der Waals surface area contributed by atoms with Crippen molar-refractivity contribution in [1.82, 2.24) is 10.2 Å². The van der Waals surface area contributed by atoms with E-state index >= 15 is 0 Å². The molecule has 116 valence electrons. The molecule has 3 heteroatoms. The third-order valence-electron chi connectivity index (χ3n) is 5.74. The first kappa shape index (κ1) is 14.8. The van der Waals surface area contributed by atoms with Crippen molar-refractivity contribution < 1.29 is 4.74 Å². The van der Waals surface area contributed by atoms with E-state index in [1.54, 1.807) is 0 Å². The van der Waals surface area contributed by atoms with Gasteiger partial charge in [-0.3, -0.25) is 0 Å². The molecular formula is C17H32N2O. The molecule has 3 fully saturated rings. The van der Waals surface area contributed by atoms with Crippen LogP contribution in [0, 0.1) is 5.41 Å². The fraction of sp³-hybridized carbons (Fsp3) is 1.00. The Morgan fingerprint density at radius 1 is 1.15 bits per heavy atom. The van der Waals surface area contributed by atoms with Gasteiger partial charge >= 0.3 is 0 Å². The van der Waals surface area contributed by atoms with Crippen molar-refractivity contribution in [2.24, 2.45) is 5.41 Å². The molecule has 2 aliphatic carbocycles. The minimum absolute atomic E-state index is 0.414. The summed E-state index contributed by atoms with van der Waals surface area (Å²) in [6.07, 6.45) is 11.6. The molecular weight excluding hydrogens is 248 g/mol. The van der Waals surface area contributed by atoms with Crippen LogP contribution in [0.5, 0.6) is 0 Å². The lowest BCUT2D eigenvalue weighted by Crippen LogP contribution is -2.49. The van der Waals surface area contributed by atoms with Gasteiger partial charge in [0.2, 0.25) is 0 Å². The first-order valence-electron chi connectivity index (χ1n) is 8.74. The van der Waals surface area contributed by atoms with E-state index in [1.807, 2.05) is 0 Å². The number of likely N-dealkylation sites (N-methyl/N-ethyl adjacent to an activating group) is 1. The average molecular weight is 280 g/mol. The summed E-state index contributed by atoms with van der Waals surface area (Å²) in [6, 6.07) is 1.47. The second kappa shape index (κ2) is 6.33. The zero-order chi connectivity index (χ0) is 14.0. The fourth-order valence-corrected chi connectivity index (χ4v) is 4.29. The largest absolute Gasteiger partial charge is 0.377 e. The van der Waals surface area contributed by atoms with Crippen LogP contribution in [-0.2, 0) is 4.74 Å². The van der Waals surface area contributed by atoms with Gasteiger partial charge in [-0.05, 0) is 51.5 Å². The summed E-state index contributed by atoms with van der Waals surface area (Å²) < 4.78 is 5.76. The van der Waals surface area contributed by atoms with Gasteiger partial charge in [0.25, 0.3) is 0 Å². The molecule has 3 nitrogen and oxygen atoms in total. The maximum Gasteiger partial charge on any atom is 0.0702 e. The van der Waals surface area contributed by atoms with Gasteiger partial charge in [0.05, 0.1) is 6.10 Å². The molecule has 0 bridgehead atoms. The van der Waals surface area contributed by atoms with Crippen LogP contribution >= 0.6 is 0 Å². The number of hydrogen-bond donors (Lipinski definition) is 1. The average Bonchev–Trinajstić information content (AvgIpc) is 3.18. The number of hydrogen-bond acceptors (Lipinski definition) is 3. The zero-order valence-corrected chi connectivity index (χ0v) is 13.4. The van der Waals surface area contributed by atoms with Crippen molar-refractivity contribution in [2.45, 2.75) is 76.5 Å². The summed E-state index contributed by atoms with van der Waals surface area (Å²) in [5.41, 5.74) is 0.526. The van der Waals surface area contributed by atoms with E-state index in [1.165, 1.54) is 64.5 Å². The molecule has 20 heavy (non-hydrogen) atoms. The number of nitrogens with one attached hydrogen (secondary N) is 1. The molecule has 0 aromatic carbocycles. The third-order valence-corrected chi connectivity index (χ3v) is 5.74. The molecule has 2 atom stereocenters. The van der Waals surface area contributed by atoms with E-state index in [0.29, 0.717) is 17.6 Å². The van der Waals surface area contributed by atoms with E-state index in [2.05, 4.69) is 24.2 Å². The van der Waals surface area contributed by atoms with Gasteiger partial charge in [0.1, 0.15) is 0 Å². The number of nitrogens with zero attached hydrogens (tertiary/aromatic N) is 1. The van der Waals surface area contributed by atoms with Crippen LogP contribution < -0.4 is 5.32 Å². The summed E-state index contributed by atoms with van der Waals surface area (Å²) >= 11 is 0. The third kappa shape index (κ3) is 3.55. The Hall–Kier alpha value is -0.120. The highest BCUT2D eigenvalue weighted by Crippen LogP contribution is 2.38. The molecule has 0 amide bonds.